The number of carbonyl (C=O) groups is 1. The van der Waals surface area contributed by atoms with Crippen LogP contribution >= 0.6 is 23.2 Å². The fraction of sp³-hybridized carbons (Fsp3) is 0.541. The number of nitrogens with one attached hydrogen (secondary N) is 1. The summed E-state index contributed by atoms with van der Waals surface area (Å²) in [4.78, 5) is 18.8. The third-order valence-electron chi connectivity index (χ3n) is 8.96. The Bertz CT molecular complexity index is 1350. The van der Waals surface area contributed by atoms with Crippen LogP contribution in [0.1, 0.15) is 63.5 Å². The van der Waals surface area contributed by atoms with Crippen molar-refractivity contribution >= 4 is 39.9 Å². The highest BCUT2D eigenvalue weighted by Crippen LogP contribution is 2.27. The van der Waals surface area contributed by atoms with Crippen LogP contribution in [0.3, 0.4) is 0 Å². The van der Waals surface area contributed by atoms with Gasteiger partial charge < -0.3 is 21.7 Å². The normalized spacial score (nSPS) is 18.2. The summed E-state index contributed by atoms with van der Waals surface area (Å²) in [5.74, 6) is 0.699. The molecule has 246 valence electrons. The van der Waals surface area contributed by atoms with Crippen molar-refractivity contribution in [2.75, 3.05) is 39.3 Å². The molecule has 3 atom stereocenters. The van der Waals surface area contributed by atoms with E-state index < -0.39 is 0 Å². The summed E-state index contributed by atoms with van der Waals surface area (Å²) in [7, 11) is 0. The van der Waals surface area contributed by atoms with Crippen molar-refractivity contribution in [1.82, 2.24) is 15.1 Å². The first-order chi connectivity index (χ1) is 21.7. The summed E-state index contributed by atoms with van der Waals surface area (Å²) in [6.07, 6.45) is 7.55. The van der Waals surface area contributed by atoms with Crippen molar-refractivity contribution in [3.63, 3.8) is 0 Å². The molecule has 3 aromatic carbocycles. The third-order valence-corrected chi connectivity index (χ3v) is 9.54. The minimum atomic E-state index is -0.0774. The SMILES string of the molecule is CC(C)C[C@@H]1CN(C[C@H](N)Cc2ccc(Cl)cc2Cl)[C@@H](CCCNCCCCCN)CN1C(=O)Cc1ccc2ccccc2c1. The van der Waals surface area contributed by atoms with Crippen LogP contribution in [0, 0.1) is 5.92 Å². The molecule has 0 aliphatic carbocycles. The molecule has 6 nitrogen and oxygen atoms in total. The van der Waals surface area contributed by atoms with E-state index in [1.165, 1.54) is 17.2 Å². The van der Waals surface area contributed by atoms with Gasteiger partial charge in [0.05, 0.1) is 6.42 Å². The number of hydrogen-bond donors (Lipinski definition) is 3. The monoisotopic (exact) mass is 653 g/mol. The van der Waals surface area contributed by atoms with Gasteiger partial charge in [0, 0.05) is 47.8 Å². The van der Waals surface area contributed by atoms with E-state index in [0.717, 1.165) is 82.5 Å². The first kappa shape index (κ1) is 35.7. The number of benzene rings is 3. The van der Waals surface area contributed by atoms with Crippen LogP contribution in [0.15, 0.2) is 60.7 Å². The predicted molar refractivity (Wildman–Crippen MR) is 191 cm³/mol. The second kappa shape index (κ2) is 18.2. The van der Waals surface area contributed by atoms with E-state index in [2.05, 4.69) is 71.4 Å². The molecule has 0 spiro atoms. The molecule has 1 heterocycles. The molecule has 1 amide bonds. The Morgan fingerprint density at radius 1 is 0.933 bits per heavy atom. The fourth-order valence-electron chi connectivity index (χ4n) is 6.68. The first-order valence-corrected chi connectivity index (χ1v) is 17.6. The van der Waals surface area contributed by atoms with E-state index in [9.17, 15) is 4.79 Å². The Labute approximate surface area is 280 Å². The number of amides is 1. The van der Waals surface area contributed by atoms with Crippen molar-refractivity contribution in [2.45, 2.75) is 83.3 Å². The highest BCUT2D eigenvalue weighted by molar-refractivity contribution is 6.35. The van der Waals surface area contributed by atoms with Crippen LogP contribution in [0.5, 0.6) is 0 Å². The summed E-state index contributed by atoms with van der Waals surface area (Å²) in [6, 6.07) is 20.7. The molecule has 1 aliphatic heterocycles. The van der Waals surface area contributed by atoms with Gasteiger partial charge in [0.1, 0.15) is 0 Å². The van der Waals surface area contributed by atoms with E-state index in [1.807, 2.05) is 12.1 Å². The zero-order valence-electron chi connectivity index (χ0n) is 27.2. The molecule has 45 heavy (non-hydrogen) atoms. The van der Waals surface area contributed by atoms with Crippen LogP contribution in [-0.2, 0) is 17.6 Å². The van der Waals surface area contributed by atoms with Gasteiger partial charge in [0.2, 0.25) is 5.91 Å². The number of rotatable bonds is 17. The summed E-state index contributed by atoms with van der Waals surface area (Å²) in [6.45, 7) is 9.57. The number of nitrogens with two attached hydrogens (primary N) is 2. The fourth-order valence-corrected chi connectivity index (χ4v) is 7.16. The Balaban J connectivity index is 1.46. The number of nitrogens with zero attached hydrogens (tertiary/aromatic N) is 2. The lowest BCUT2D eigenvalue weighted by atomic mass is 9.94. The number of fused-ring (bicyclic) bond motifs is 1. The average Bonchev–Trinajstić information content (AvgIpc) is 3.00. The summed E-state index contributed by atoms with van der Waals surface area (Å²) in [5.41, 5.74) is 14.5. The van der Waals surface area contributed by atoms with Crippen molar-refractivity contribution in [1.29, 1.82) is 0 Å². The molecule has 0 unspecified atom stereocenters. The van der Waals surface area contributed by atoms with Gasteiger partial charge in [-0.05, 0) is 98.1 Å². The van der Waals surface area contributed by atoms with Gasteiger partial charge in [0.25, 0.3) is 0 Å². The van der Waals surface area contributed by atoms with E-state index in [-0.39, 0.29) is 24.0 Å². The molecule has 0 aromatic heterocycles. The van der Waals surface area contributed by atoms with Gasteiger partial charge in [-0.15, -0.1) is 0 Å². The maximum Gasteiger partial charge on any atom is 0.227 e. The van der Waals surface area contributed by atoms with E-state index in [0.29, 0.717) is 28.8 Å². The van der Waals surface area contributed by atoms with Crippen molar-refractivity contribution < 1.29 is 4.79 Å². The summed E-state index contributed by atoms with van der Waals surface area (Å²) in [5, 5.41) is 7.27. The minimum absolute atomic E-state index is 0.0774. The third kappa shape index (κ3) is 11.2. The lowest BCUT2D eigenvalue weighted by Crippen LogP contribution is -2.62. The van der Waals surface area contributed by atoms with Crippen LogP contribution < -0.4 is 16.8 Å². The summed E-state index contributed by atoms with van der Waals surface area (Å²) >= 11 is 12.6. The van der Waals surface area contributed by atoms with E-state index in [1.54, 1.807) is 6.07 Å². The molecule has 1 aliphatic rings. The predicted octanol–water partition coefficient (Wildman–Crippen LogP) is 6.69. The molecule has 4 rings (SSSR count). The number of unbranched alkanes of at least 4 members (excludes halogenated alkanes) is 2. The Hall–Kier alpha value is -2.19. The maximum atomic E-state index is 14.0. The molecular weight excluding hydrogens is 601 g/mol. The Morgan fingerprint density at radius 3 is 2.47 bits per heavy atom. The van der Waals surface area contributed by atoms with Gasteiger partial charge in [-0.25, -0.2) is 0 Å². The molecule has 8 heteroatoms. The number of carbonyl (C=O) groups excluding carboxylic acids is 1. The van der Waals surface area contributed by atoms with Gasteiger partial charge >= 0.3 is 0 Å². The smallest absolute Gasteiger partial charge is 0.227 e. The standard InChI is InChI=1S/C37H53Cl2N5O/c1-27(2)19-35-25-43(24-33(41)22-31-14-15-32(38)23-36(31)39)34(11-8-18-42-17-7-3-6-16-40)26-44(35)37(45)21-28-12-13-29-9-4-5-10-30(29)20-28/h4-5,9-10,12-15,20,23,27,33-35,42H,3,6-8,11,16-19,21-22,24-26,40-41H2,1-2H3/t33-,34+,35-/m1/s1. The maximum absolute atomic E-state index is 14.0. The average molecular weight is 655 g/mol. The Kier molecular flexibility index (Phi) is 14.4. The quantitative estimate of drug-likeness (QED) is 0.141. The van der Waals surface area contributed by atoms with E-state index >= 15 is 0 Å². The van der Waals surface area contributed by atoms with Gasteiger partial charge in [-0.1, -0.05) is 92.0 Å². The van der Waals surface area contributed by atoms with Crippen LogP contribution in [0.25, 0.3) is 10.8 Å². The van der Waals surface area contributed by atoms with Crippen LogP contribution in [0.2, 0.25) is 10.0 Å². The van der Waals surface area contributed by atoms with Crippen molar-refractivity contribution in [3.05, 3.63) is 81.8 Å². The van der Waals surface area contributed by atoms with E-state index in [4.69, 9.17) is 34.7 Å². The molecule has 5 N–H and O–H groups in total. The van der Waals surface area contributed by atoms with Gasteiger partial charge in [0.15, 0.2) is 0 Å². The molecule has 0 saturated carbocycles. The zero-order chi connectivity index (χ0) is 32.2. The molecular formula is C37H53Cl2N5O. The molecule has 3 aromatic rings. The molecule has 1 saturated heterocycles. The second-order valence-corrected chi connectivity index (χ2v) is 14.1. The lowest BCUT2D eigenvalue weighted by Gasteiger charge is -2.48. The minimum Gasteiger partial charge on any atom is -0.337 e. The number of halogens is 2. The first-order valence-electron chi connectivity index (χ1n) is 16.8. The molecule has 0 radical (unpaired) electrons. The van der Waals surface area contributed by atoms with Gasteiger partial charge in [-0.2, -0.15) is 0 Å². The van der Waals surface area contributed by atoms with Crippen molar-refractivity contribution in [2.24, 2.45) is 17.4 Å². The number of hydrogen-bond acceptors (Lipinski definition) is 5. The second-order valence-electron chi connectivity index (χ2n) is 13.2. The van der Waals surface area contributed by atoms with Crippen molar-refractivity contribution in [3.8, 4) is 0 Å². The van der Waals surface area contributed by atoms with Crippen LogP contribution in [-0.4, -0.2) is 73.1 Å². The van der Waals surface area contributed by atoms with Crippen LogP contribution in [0.4, 0.5) is 0 Å². The highest BCUT2D eigenvalue weighted by Gasteiger charge is 2.36. The lowest BCUT2D eigenvalue weighted by molar-refractivity contribution is -0.138. The van der Waals surface area contributed by atoms with Gasteiger partial charge in [-0.3, -0.25) is 9.69 Å². The summed E-state index contributed by atoms with van der Waals surface area (Å²) < 4.78 is 0. The largest absolute Gasteiger partial charge is 0.337 e. The topological polar surface area (TPSA) is 87.6 Å². The highest BCUT2D eigenvalue weighted by atomic mass is 35.5. The number of piperazine rings is 1. The molecule has 1 fully saturated rings. The zero-order valence-corrected chi connectivity index (χ0v) is 28.7. The molecule has 0 bridgehead atoms. The Morgan fingerprint density at radius 2 is 1.71 bits per heavy atom.